The number of rotatable bonds is 6. The molecule has 1 aromatic heterocycles. The molecule has 2 atom stereocenters. The largest absolute Gasteiger partial charge is 0.329 e. The number of nitrogens with zero attached hydrogens (tertiary/aromatic N) is 1. The van der Waals surface area contributed by atoms with Gasteiger partial charge >= 0.3 is 5.69 Å². The second-order valence-corrected chi connectivity index (χ2v) is 5.62. The number of hydrogen-bond acceptors (Lipinski definition) is 2. The van der Waals surface area contributed by atoms with Crippen LogP contribution in [-0.2, 0) is 6.42 Å². The predicted molar refractivity (Wildman–Crippen MR) is 79.1 cm³/mol. The lowest BCUT2D eigenvalue weighted by Crippen LogP contribution is -2.39. The fraction of sp³-hybridized carbons (Fsp3) is 0.714. The second kappa shape index (κ2) is 6.94. The van der Waals surface area contributed by atoms with Crippen molar-refractivity contribution in [2.24, 2.45) is 5.92 Å². The molecule has 0 aliphatic heterocycles. The molecule has 2 unspecified atom stereocenters. The summed E-state index contributed by atoms with van der Waals surface area (Å²) in [5, 5.41) is 0.184. The van der Waals surface area contributed by atoms with E-state index in [9.17, 15) is 9.59 Å². The number of nitrogens with one attached hydrogen (secondary N) is 1. The highest BCUT2D eigenvalue weighted by molar-refractivity contribution is 6.30. The van der Waals surface area contributed by atoms with Crippen LogP contribution in [0.15, 0.2) is 9.59 Å². The monoisotopic (exact) mass is 286 g/mol. The number of aromatic amines is 1. The Hall–Kier alpha value is -1.03. The molecule has 1 N–H and O–H groups in total. The van der Waals surface area contributed by atoms with Crippen LogP contribution in [0.5, 0.6) is 0 Å². The summed E-state index contributed by atoms with van der Waals surface area (Å²) in [6.07, 6.45) is 3.25. The van der Waals surface area contributed by atoms with Gasteiger partial charge in [0, 0.05) is 6.04 Å². The first-order chi connectivity index (χ1) is 8.92. The SMILES string of the molecule is CCCc1c(Cl)[nH]c(=O)n(C(C)CC(C)CC)c1=O. The Bertz CT molecular complexity index is 533. The van der Waals surface area contributed by atoms with Crippen molar-refractivity contribution < 1.29 is 0 Å². The minimum Gasteiger partial charge on any atom is -0.297 e. The fourth-order valence-electron chi connectivity index (χ4n) is 2.28. The fourth-order valence-corrected chi connectivity index (χ4v) is 2.54. The average Bonchev–Trinajstić information content (AvgIpc) is 2.33. The zero-order chi connectivity index (χ0) is 14.6. The van der Waals surface area contributed by atoms with E-state index in [-0.39, 0.29) is 16.8 Å². The van der Waals surface area contributed by atoms with Crippen molar-refractivity contribution in [2.75, 3.05) is 0 Å². The Morgan fingerprint density at radius 2 is 1.89 bits per heavy atom. The number of aromatic nitrogens is 2. The molecular weight excluding hydrogens is 264 g/mol. The molecule has 0 aliphatic rings. The van der Waals surface area contributed by atoms with Gasteiger partial charge in [0.2, 0.25) is 0 Å². The Morgan fingerprint density at radius 1 is 1.26 bits per heavy atom. The summed E-state index contributed by atoms with van der Waals surface area (Å²) >= 11 is 5.95. The molecule has 0 spiro atoms. The van der Waals surface area contributed by atoms with Gasteiger partial charge in [-0.3, -0.25) is 14.3 Å². The standard InChI is InChI=1S/C14H23ClN2O2/c1-5-7-11-12(15)16-14(19)17(13(11)18)10(4)8-9(3)6-2/h9-10H,5-8H2,1-4H3,(H,16,19). The van der Waals surface area contributed by atoms with Crippen LogP contribution in [0.3, 0.4) is 0 Å². The lowest BCUT2D eigenvalue weighted by atomic mass is 10.00. The highest BCUT2D eigenvalue weighted by Crippen LogP contribution is 2.17. The molecule has 0 amide bonds. The van der Waals surface area contributed by atoms with Gasteiger partial charge in [0.15, 0.2) is 0 Å². The third-order valence-corrected chi connectivity index (χ3v) is 3.88. The van der Waals surface area contributed by atoms with Crippen LogP contribution in [0.1, 0.15) is 58.6 Å². The molecule has 0 bridgehead atoms. The van der Waals surface area contributed by atoms with Gasteiger partial charge in [-0.2, -0.15) is 0 Å². The van der Waals surface area contributed by atoms with Crippen molar-refractivity contribution in [3.63, 3.8) is 0 Å². The molecule has 5 heteroatoms. The van der Waals surface area contributed by atoms with Crippen molar-refractivity contribution in [1.29, 1.82) is 0 Å². The quantitative estimate of drug-likeness (QED) is 0.817. The Balaban J connectivity index is 3.24. The van der Waals surface area contributed by atoms with E-state index in [1.165, 1.54) is 4.57 Å². The van der Waals surface area contributed by atoms with Crippen molar-refractivity contribution in [2.45, 2.75) is 59.4 Å². The van der Waals surface area contributed by atoms with Crippen LogP contribution in [0, 0.1) is 5.92 Å². The number of H-pyrrole nitrogens is 1. The summed E-state index contributed by atoms with van der Waals surface area (Å²) in [6.45, 7) is 8.12. The predicted octanol–water partition coefficient (Wildman–Crippen LogP) is 3.14. The summed E-state index contributed by atoms with van der Waals surface area (Å²) in [5.74, 6) is 0.478. The van der Waals surface area contributed by atoms with Crippen molar-refractivity contribution in [3.8, 4) is 0 Å². The summed E-state index contributed by atoms with van der Waals surface area (Å²) in [6, 6.07) is -0.112. The van der Waals surface area contributed by atoms with Crippen molar-refractivity contribution in [1.82, 2.24) is 9.55 Å². The van der Waals surface area contributed by atoms with E-state index >= 15 is 0 Å². The van der Waals surface area contributed by atoms with Crippen LogP contribution in [0.25, 0.3) is 0 Å². The highest BCUT2D eigenvalue weighted by Gasteiger charge is 2.17. The molecule has 0 saturated carbocycles. The summed E-state index contributed by atoms with van der Waals surface area (Å²) in [4.78, 5) is 26.9. The molecule has 1 heterocycles. The van der Waals surface area contributed by atoms with Gasteiger partial charge in [-0.15, -0.1) is 0 Å². The van der Waals surface area contributed by atoms with E-state index in [0.717, 1.165) is 19.3 Å². The van der Waals surface area contributed by atoms with E-state index in [1.807, 2.05) is 13.8 Å². The van der Waals surface area contributed by atoms with Gasteiger partial charge in [-0.1, -0.05) is 45.2 Å². The third-order valence-electron chi connectivity index (χ3n) is 3.56. The van der Waals surface area contributed by atoms with Crippen molar-refractivity contribution in [3.05, 3.63) is 31.6 Å². The Morgan fingerprint density at radius 3 is 2.42 bits per heavy atom. The first kappa shape index (κ1) is 16.0. The minimum atomic E-state index is -0.411. The first-order valence-corrected chi connectivity index (χ1v) is 7.33. The van der Waals surface area contributed by atoms with Crippen LogP contribution < -0.4 is 11.2 Å². The average molecular weight is 287 g/mol. The van der Waals surface area contributed by atoms with Crippen LogP contribution in [0.4, 0.5) is 0 Å². The van der Waals surface area contributed by atoms with Crippen LogP contribution in [0.2, 0.25) is 5.15 Å². The molecule has 0 aliphatic carbocycles. The third kappa shape index (κ3) is 3.72. The number of hydrogen-bond donors (Lipinski definition) is 1. The zero-order valence-electron chi connectivity index (χ0n) is 12.1. The van der Waals surface area contributed by atoms with E-state index in [0.29, 0.717) is 17.9 Å². The molecule has 0 saturated heterocycles. The molecule has 1 aromatic rings. The lowest BCUT2D eigenvalue weighted by Gasteiger charge is -2.18. The summed E-state index contributed by atoms with van der Waals surface area (Å²) < 4.78 is 1.31. The van der Waals surface area contributed by atoms with Gasteiger partial charge in [-0.25, -0.2) is 4.79 Å². The topological polar surface area (TPSA) is 54.9 Å². The molecule has 0 radical (unpaired) electrons. The van der Waals surface area contributed by atoms with Gasteiger partial charge < -0.3 is 0 Å². The zero-order valence-corrected chi connectivity index (χ0v) is 12.9. The lowest BCUT2D eigenvalue weighted by molar-refractivity contribution is 0.380. The minimum absolute atomic E-state index is 0.112. The maximum Gasteiger partial charge on any atom is 0.329 e. The van der Waals surface area contributed by atoms with E-state index in [2.05, 4.69) is 18.8 Å². The smallest absolute Gasteiger partial charge is 0.297 e. The van der Waals surface area contributed by atoms with Crippen LogP contribution in [-0.4, -0.2) is 9.55 Å². The van der Waals surface area contributed by atoms with Gasteiger partial charge in [-0.05, 0) is 25.7 Å². The van der Waals surface area contributed by atoms with Crippen molar-refractivity contribution >= 4 is 11.6 Å². The normalized spacial score (nSPS) is 14.4. The van der Waals surface area contributed by atoms with E-state index < -0.39 is 5.69 Å². The molecule has 19 heavy (non-hydrogen) atoms. The summed E-state index contributed by atoms with van der Waals surface area (Å²) in [5.41, 5.74) is -0.142. The highest BCUT2D eigenvalue weighted by atomic mass is 35.5. The molecule has 0 aromatic carbocycles. The van der Waals surface area contributed by atoms with Gasteiger partial charge in [0.05, 0.1) is 5.56 Å². The van der Waals surface area contributed by atoms with Gasteiger partial charge in [0.25, 0.3) is 5.56 Å². The molecule has 1 rings (SSSR count). The molecule has 4 nitrogen and oxygen atoms in total. The van der Waals surface area contributed by atoms with E-state index in [1.54, 1.807) is 0 Å². The molecular formula is C14H23ClN2O2. The Kier molecular flexibility index (Phi) is 5.85. The number of halogens is 1. The second-order valence-electron chi connectivity index (χ2n) is 5.25. The Labute approximate surface area is 118 Å². The first-order valence-electron chi connectivity index (χ1n) is 6.95. The molecule has 0 fully saturated rings. The van der Waals surface area contributed by atoms with E-state index in [4.69, 9.17) is 11.6 Å². The summed E-state index contributed by atoms with van der Waals surface area (Å²) in [7, 11) is 0. The maximum absolute atomic E-state index is 12.4. The van der Waals surface area contributed by atoms with Crippen LogP contribution >= 0.6 is 11.6 Å². The maximum atomic E-state index is 12.4. The molecule has 108 valence electrons. The van der Waals surface area contributed by atoms with Gasteiger partial charge in [0.1, 0.15) is 5.15 Å².